The molecule has 1 aromatic rings. The van der Waals surface area contributed by atoms with Crippen LogP contribution in [0.1, 0.15) is 25.4 Å². The zero-order valence-corrected chi connectivity index (χ0v) is 11.5. The van der Waals surface area contributed by atoms with E-state index in [2.05, 4.69) is 0 Å². The molecule has 0 bridgehead atoms. The fourth-order valence-electron chi connectivity index (χ4n) is 1.74. The minimum atomic E-state index is -0.594. The summed E-state index contributed by atoms with van der Waals surface area (Å²) < 4.78 is 10.6. The van der Waals surface area contributed by atoms with Crippen LogP contribution >= 0.6 is 0 Å². The smallest absolute Gasteiger partial charge is 0.253 e. The van der Waals surface area contributed by atoms with Crippen LogP contribution < -0.4 is 5.73 Å². The largest absolute Gasteiger partial charge is 0.464 e. The first-order valence-corrected chi connectivity index (χ1v) is 6.08. The summed E-state index contributed by atoms with van der Waals surface area (Å²) >= 11 is 0. The number of carbonyl (C=O) groups is 1. The molecule has 5 nitrogen and oxygen atoms in total. The molecule has 1 atom stereocenters. The van der Waals surface area contributed by atoms with Gasteiger partial charge in [0, 0.05) is 19.7 Å². The highest BCUT2D eigenvalue weighted by atomic mass is 16.5. The number of aryl methyl sites for hydroxylation is 1. The standard InChI is InChI=1S/C13H22N2O3/c1-9(2)15(13(16)12(7-14)17-4)8-11-6-5-10(3)18-11/h5-6,9,12H,7-8,14H2,1-4H3. The molecule has 102 valence electrons. The molecule has 0 fully saturated rings. The SMILES string of the molecule is COC(CN)C(=O)N(Cc1ccc(C)o1)C(C)C. The molecule has 0 aliphatic heterocycles. The molecular formula is C13H22N2O3. The molecule has 0 radical (unpaired) electrons. The van der Waals surface area contributed by atoms with E-state index in [1.165, 1.54) is 7.11 Å². The number of rotatable bonds is 6. The van der Waals surface area contributed by atoms with Gasteiger partial charge >= 0.3 is 0 Å². The molecule has 0 aliphatic rings. The van der Waals surface area contributed by atoms with Gasteiger partial charge in [0.1, 0.15) is 17.6 Å². The average Bonchev–Trinajstić information content (AvgIpc) is 2.73. The Morgan fingerprint density at radius 2 is 2.17 bits per heavy atom. The van der Waals surface area contributed by atoms with Crippen molar-refractivity contribution >= 4 is 5.91 Å². The van der Waals surface area contributed by atoms with E-state index in [1.54, 1.807) is 4.90 Å². The van der Waals surface area contributed by atoms with Crippen molar-refractivity contribution in [2.45, 2.75) is 39.5 Å². The van der Waals surface area contributed by atoms with Gasteiger partial charge in [0.15, 0.2) is 0 Å². The number of amides is 1. The van der Waals surface area contributed by atoms with Crippen molar-refractivity contribution in [3.8, 4) is 0 Å². The summed E-state index contributed by atoms with van der Waals surface area (Å²) in [6.45, 7) is 6.40. The van der Waals surface area contributed by atoms with E-state index < -0.39 is 6.10 Å². The number of ether oxygens (including phenoxy) is 1. The maximum Gasteiger partial charge on any atom is 0.253 e. The van der Waals surface area contributed by atoms with Gasteiger partial charge in [-0.2, -0.15) is 0 Å². The van der Waals surface area contributed by atoms with Crippen molar-refractivity contribution in [3.05, 3.63) is 23.7 Å². The molecule has 0 saturated carbocycles. The highest BCUT2D eigenvalue weighted by molar-refractivity contribution is 5.81. The number of methoxy groups -OCH3 is 1. The first kappa shape index (κ1) is 14.7. The Kier molecular flexibility index (Phi) is 5.37. The zero-order valence-electron chi connectivity index (χ0n) is 11.5. The first-order valence-electron chi connectivity index (χ1n) is 6.08. The molecule has 1 unspecified atom stereocenters. The van der Waals surface area contributed by atoms with Gasteiger partial charge in [-0.05, 0) is 32.9 Å². The summed E-state index contributed by atoms with van der Waals surface area (Å²) in [5.74, 6) is 1.49. The topological polar surface area (TPSA) is 68.7 Å². The number of nitrogens with zero attached hydrogens (tertiary/aromatic N) is 1. The van der Waals surface area contributed by atoms with Gasteiger partial charge in [0.05, 0.1) is 6.54 Å². The summed E-state index contributed by atoms with van der Waals surface area (Å²) in [7, 11) is 1.49. The number of nitrogens with two attached hydrogens (primary N) is 1. The molecule has 1 heterocycles. The number of carbonyl (C=O) groups excluding carboxylic acids is 1. The van der Waals surface area contributed by atoms with Crippen molar-refractivity contribution in [1.29, 1.82) is 0 Å². The predicted molar refractivity (Wildman–Crippen MR) is 69.0 cm³/mol. The van der Waals surface area contributed by atoms with Gasteiger partial charge in [-0.3, -0.25) is 4.79 Å². The summed E-state index contributed by atoms with van der Waals surface area (Å²) in [6.07, 6.45) is -0.594. The minimum Gasteiger partial charge on any atom is -0.464 e. The average molecular weight is 254 g/mol. The second-order valence-electron chi connectivity index (χ2n) is 4.53. The summed E-state index contributed by atoms with van der Waals surface area (Å²) in [4.78, 5) is 13.9. The van der Waals surface area contributed by atoms with Gasteiger partial charge in [-0.15, -0.1) is 0 Å². The van der Waals surface area contributed by atoms with E-state index in [0.717, 1.165) is 11.5 Å². The third kappa shape index (κ3) is 3.58. The van der Waals surface area contributed by atoms with Crippen molar-refractivity contribution in [3.63, 3.8) is 0 Å². The third-order valence-electron chi connectivity index (χ3n) is 2.80. The maximum absolute atomic E-state index is 12.2. The summed E-state index contributed by atoms with van der Waals surface area (Å²) in [5.41, 5.74) is 5.52. The number of hydrogen-bond acceptors (Lipinski definition) is 4. The molecule has 0 spiro atoms. The molecular weight excluding hydrogens is 232 g/mol. The maximum atomic E-state index is 12.2. The minimum absolute atomic E-state index is 0.0621. The van der Waals surface area contributed by atoms with E-state index >= 15 is 0 Å². The molecule has 18 heavy (non-hydrogen) atoms. The zero-order chi connectivity index (χ0) is 13.7. The Morgan fingerprint density at radius 3 is 2.56 bits per heavy atom. The predicted octanol–water partition coefficient (Wildman–Crippen LogP) is 1.30. The monoisotopic (exact) mass is 254 g/mol. The molecule has 0 aliphatic carbocycles. The second-order valence-corrected chi connectivity index (χ2v) is 4.53. The van der Waals surface area contributed by atoms with Crippen molar-refractivity contribution in [2.75, 3.05) is 13.7 Å². The fraction of sp³-hybridized carbons (Fsp3) is 0.615. The van der Waals surface area contributed by atoms with Crippen molar-refractivity contribution in [1.82, 2.24) is 4.90 Å². The van der Waals surface area contributed by atoms with Crippen LogP contribution in [0.2, 0.25) is 0 Å². The number of hydrogen-bond donors (Lipinski definition) is 1. The first-order chi connectivity index (χ1) is 8.49. The third-order valence-corrected chi connectivity index (χ3v) is 2.80. The van der Waals surface area contributed by atoms with Crippen LogP contribution in [-0.2, 0) is 16.1 Å². The van der Waals surface area contributed by atoms with Gasteiger partial charge in [0.2, 0.25) is 0 Å². The Bertz CT molecular complexity index is 383. The van der Waals surface area contributed by atoms with Crippen LogP contribution in [0.5, 0.6) is 0 Å². The molecule has 0 aromatic carbocycles. The molecule has 1 aromatic heterocycles. The molecule has 1 amide bonds. The van der Waals surface area contributed by atoms with E-state index in [1.807, 2.05) is 32.9 Å². The molecule has 2 N–H and O–H groups in total. The van der Waals surface area contributed by atoms with E-state index in [9.17, 15) is 4.79 Å². The molecule has 5 heteroatoms. The van der Waals surface area contributed by atoms with Crippen molar-refractivity contribution in [2.24, 2.45) is 5.73 Å². The van der Waals surface area contributed by atoms with Crippen LogP contribution in [-0.4, -0.2) is 36.6 Å². The van der Waals surface area contributed by atoms with Gasteiger partial charge in [-0.25, -0.2) is 0 Å². The van der Waals surface area contributed by atoms with Crippen LogP contribution in [0, 0.1) is 6.92 Å². The van der Waals surface area contributed by atoms with Crippen LogP contribution in [0.4, 0.5) is 0 Å². The highest BCUT2D eigenvalue weighted by Gasteiger charge is 2.25. The lowest BCUT2D eigenvalue weighted by atomic mass is 10.2. The molecule has 0 saturated heterocycles. The lowest BCUT2D eigenvalue weighted by molar-refractivity contribution is -0.144. The van der Waals surface area contributed by atoms with Gasteiger partial charge < -0.3 is 19.8 Å². The Hall–Kier alpha value is -1.33. The van der Waals surface area contributed by atoms with Crippen molar-refractivity contribution < 1.29 is 13.9 Å². The Labute approximate surface area is 108 Å². The molecule has 1 rings (SSSR count). The summed E-state index contributed by atoms with van der Waals surface area (Å²) in [5, 5.41) is 0. The lowest BCUT2D eigenvalue weighted by Crippen LogP contribution is -2.46. The van der Waals surface area contributed by atoms with Crippen LogP contribution in [0.15, 0.2) is 16.5 Å². The van der Waals surface area contributed by atoms with E-state index in [0.29, 0.717) is 6.54 Å². The van der Waals surface area contributed by atoms with Gasteiger partial charge in [-0.1, -0.05) is 0 Å². The highest BCUT2D eigenvalue weighted by Crippen LogP contribution is 2.13. The quantitative estimate of drug-likeness (QED) is 0.830. The Balaban J connectivity index is 2.79. The summed E-state index contributed by atoms with van der Waals surface area (Å²) in [6, 6.07) is 3.82. The van der Waals surface area contributed by atoms with Crippen LogP contribution in [0.25, 0.3) is 0 Å². The van der Waals surface area contributed by atoms with Gasteiger partial charge in [0.25, 0.3) is 5.91 Å². The Morgan fingerprint density at radius 1 is 1.50 bits per heavy atom. The number of furan rings is 1. The fourth-order valence-corrected chi connectivity index (χ4v) is 1.74. The van der Waals surface area contributed by atoms with Crippen LogP contribution in [0.3, 0.4) is 0 Å². The normalized spacial score (nSPS) is 12.8. The lowest BCUT2D eigenvalue weighted by Gasteiger charge is -2.28. The van der Waals surface area contributed by atoms with E-state index in [4.69, 9.17) is 14.9 Å². The van der Waals surface area contributed by atoms with E-state index in [-0.39, 0.29) is 18.5 Å². The second kappa shape index (κ2) is 6.56.